The summed E-state index contributed by atoms with van der Waals surface area (Å²) in [6.45, 7) is 0.964. The summed E-state index contributed by atoms with van der Waals surface area (Å²) >= 11 is 13.3. The van der Waals surface area contributed by atoms with Crippen molar-refractivity contribution in [1.82, 2.24) is 4.90 Å². The first-order valence-electron chi connectivity index (χ1n) is 7.90. The van der Waals surface area contributed by atoms with E-state index in [1.807, 2.05) is 6.07 Å². The fraction of sp³-hybridized carbons (Fsp3) is 0.625. The highest BCUT2D eigenvalue weighted by molar-refractivity contribution is 7.20. The van der Waals surface area contributed by atoms with E-state index in [0.29, 0.717) is 40.5 Å². The highest BCUT2D eigenvalue weighted by Crippen LogP contribution is 2.44. The molecular formula is C16H19Cl2NO3S. The predicted molar refractivity (Wildman–Crippen MR) is 91.2 cm³/mol. The van der Waals surface area contributed by atoms with E-state index in [2.05, 4.69) is 0 Å². The molecule has 7 heteroatoms. The molecule has 4 nitrogen and oxygen atoms in total. The number of amides is 1. The predicted octanol–water partition coefficient (Wildman–Crippen LogP) is 3.95. The molecule has 2 heterocycles. The van der Waals surface area contributed by atoms with Crippen molar-refractivity contribution in [2.24, 2.45) is 17.8 Å². The van der Waals surface area contributed by atoms with Crippen LogP contribution in [0.5, 0.6) is 0 Å². The van der Waals surface area contributed by atoms with Gasteiger partial charge in [-0.25, -0.2) is 0 Å². The van der Waals surface area contributed by atoms with Crippen molar-refractivity contribution < 1.29 is 14.7 Å². The van der Waals surface area contributed by atoms with Crippen LogP contribution in [0.3, 0.4) is 0 Å². The molecule has 1 aliphatic heterocycles. The fourth-order valence-electron chi connectivity index (χ4n) is 3.43. The monoisotopic (exact) mass is 375 g/mol. The van der Waals surface area contributed by atoms with E-state index >= 15 is 0 Å². The van der Waals surface area contributed by atoms with Gasteiger partial charge in [-0.2, -0.15) is 0 Å². The molecule has 1 aromatic heterocycles. The molecule has 23 heavy (non-hydrogen) atoms. The van der Waals surface area contributed by atoms with Crippen molar-refractivity contribution in [1.29, 1.82) is 0 Å². The van der Waals surface area contributed by atoms with Crippen LogP contribution in [0, 0.1) is 17.8 Å². The number of hydrogen-bond donors (Lipinski definition) is 1. The second kappa shape index (κ2) is 6.99. The molecule has 1 aromatic rings. The molecule has 1 aliphatic carbocycles. The number of aliphatic carboxylic acids is 1. The maximum absolute atomic E-state index is 12.4. The van der Waals surface area contributed by atoms with E-state index in [4.69, 9.17) is 23.2 Å². The lowest BCUT2D eigenvalue weighted by molar-refractivity contribution is -0.142. The Kier molecular flexibility index (Phi) is 5.19. The van der Waals surface area contributed by atoms with Crippen LogP contribution in [0.15, 0.2) is 6.07 Å². The summed E-state index contributed by atoms with van der Waals surface area (Å²) in [4.78, 5) is 25.5. The van der Waals surface area contributed by atoms with Crippen molar-refractivity contribution >= 4 is 46.4 Å². The quantitative estimate of drug-likeness (QED) is 0.818. The van der Waals surface area contributed by atoms with Gasteiger partial charge in [-0.3, -0.25) is 9.59 Å². The van der Waals surface area contributed by atoms with Crippen LogP contribution in [0.2, 0.25) is 8.67 Å². The number of rotatable bonds is 6. The van der Waals surface area contributed by atoms with Crippen LogP contribution in [0.25, 0.3) is 0 Å². The zero-order chi connectivity index (χ0) is 16.6. The SMILES string of the molecule is O=C(O)[C@H]1CN(C(=O)CCCc2cc(Cl)sc2Cl)C[C@@H]1C1CC1. The summed E-state index contributed by atoms with van der Waals surface area (Å²) in [5.74, 6) is -0.465. The summed E-state index contributed by atoms with van der Waals surface area (Å²) in [5.41, 5.74) is 0.982. The molecule has 0 aromatic carbocycles. The Morgan fingerprint density at radius 2 is 2.04 bits per heavy atom. The average Bonchev–Trinajstić information content (AvgIpc) is 3.14. The number of likely N-dealkylation sites (tertiary alicyclic amines) is 1. The Morgan fingerprint density at radius 1 is 1.30 bits per heavy atom. The zero-order valence-electron chi connectivity index (χ0n) is 12.6. The van der Waals surface area contributed by atoms with Gasteiger partial charge < -0.3 is 10.0 Å². The third-order valence-electron chi connectivity index (χ3n) is 4.83. The minimum absolute atomic E-state index is 0.0526. The third-order valence-corrected chi connectivity index (χ3v) is 6.40. The minimum atomic E-state index is -0.767. The minimum Gasteiger partial charge on any atom is -0.481 e. The molecule has 3 rings (SSSR count). The van der Waals surface area contributed by atoms with Crippen LogP contribution in [-0.4, -0.2) is 35.0 Å². The maximum atomic E-state index is 12.4. The summed E-state index contributed by atoms with van der Waals surface area (Å²) in [7, 11) is 0. The number of thiophene rings is 1. The lowest BCUT2D eigenvalue weighted by atomic mass is 9.92. The number of carboxylic acids is 1. The number of nitrogens with zero attached hydrogens (tertiary/aromatic N) is 1. The van der Waals surface area contributed by atoms with Gasteiger partial charge in [0.25, 0.3) is 0 Å². The molecule has 0 bridgehead atoms. The molecule has 2 atom stereocenters. The Morgan fingerprint density at radius 3 is 2.61 bits per heavy atom. The molecule has 1 saturated carbocycles. The van der Waals surface area contributed by atoms with Crippen molar-refractivity contribution in [3.63, 3.8) is 0 Å². The van der Waals surface area contributed by atoms with E-state index in [0.717, 1.165) is 24.8 Å². The Bertz CT molecular complexity index is 614. The largest absolute Gasteiger partial charge is 0.481 e. The lowest BCUT2D eigenvalue weighted by Gasteiger charge is -2.16. The Labute approximate surface area is 149 Å². The van der Waals surface area contributed by atoms with E-state index in [-0.39, 0.29) is 11.8 Å². The van der Waals surface area contributed by atoms with Gasteiger partial charge in [0.2, 0.25) is 5.91 Å². The molecule has 0 spiro atoms. The second-order valence-corrected chi connectivity index (χ2v) is 8.73. The average molecular weight is 376 g/mol. The highest BCUT2D eigenvalue weighted by Gasteiger charge is 2.46. The van der Waals surface area contributed by atoms with Crippen molar-refractivity contribution in [3.05, 3.63) is 20.3 Å². The van der Waals surface area contributed by atoms with Crippen molar-refractivity contribution in [3.8, 4) is 0 Å². The molecular weight excluding hydrogens is 357 g/mol. The Balaban J connectivity index is 1.50. The molecule has 0 radical (unpaired) electrons. The smallest absolute Gasteiger partial charge is 0.308 e. The first-order chi connectivity index (χ1) is 11.0. The van der Waals surface area contributed by atoms with Crippen LogP contribution < -0.4 is 0 Å². The van der Waals surface area contributed by atoms with Gasteiger partial charge in [0.05, 0.1) is 14.6 Å². The van der Waals surface area contributed by atoms with E-state index in [1.165, 1.54) is 11.3 Å². The molecule has 0 unspecified atom stereocenters. The van der Waals surface area contributed by atoms with E-state index in [9.17, 15) is 14.7 Å². The standard InChI is InChI=1S/C16H19Cl2NO3S/c17-13-6-10(15(18)23-13)2-1-3-14(20)19-7-11(9-4-5-9)12(8-19)16(21)22/h6,9,11-12H,1-5,7-8H2,(H,21,22)/t11-,12+/m1/s1. The Hall–Kier alpha value is -0.780. The number of carbonyl (C=O) groups excluding carboxylic acids is 1. The van der Waals surface area contributed by atoms with Gasteiger partial charge in [0.15, 0.2) is 0 Å². The zero-order valence-corrected chi connectivity index (χ0v) is 15.0. The molecule has 1 amide bonds. The number of aryl methyl sites for hydroxylation is 1. The summed E-state index contributed by atoms with van der Waals surface area (Å²) in [5, 5.41) is 9.35. The number of carboxylic acid groups (broad SMARTS) is 1. The second-order valence-electron chi connectivity index (χ2n) is 6.45. The van der Waals surface area contributed by atoms with E-state index in [1.54, 1.807) is 4.90 Å². The topological polar surface area (TPSA) is 57.6 Å². The van der Waals surface area contributed by atoms with Gasteiger partial charge in [-0.05, 0) is 49.1 Å². The van der Waals surface area contributed by atoms with Gasteiger partial charge in [-0.1, -0.05) is 23.2 Å². The molecule has 1 saturated heterocycles. The third kappa shape index (κ3) is 4.01. The number of hydrogen-bond acceptors (Lipinski definition) is 3. The van der Waals surface area contributed by atoms with E-state index < -0.39 is 11.9 Å². The normalized spacial score (nSPS) is 24.2. The van der Waals surface area contributed by atoms with Crippen LogP contribution in [0.1, 0.15) is 31.2 Å². The number of carbonyl (C=O) groups is 2. The highest BCUT2D eigenvalue weighted by atomic mass is 35.5. The van der Waals surface area contributed by atoms with Gasteiger partial charge in [0, 0.05) is 19.5 Å². The molecule has 1 N–H and O–H groups in total. The fourth-order valence-corrected chi connectivity index (χ4v) is 4.97. The number of halogens is 2. The first kappa shape index (κ1) is 17.1. The summed E-state index contributed by atoms with van der Waals surface area (Å²) in [6.07, 6.45) is 4.05. The van der Waals surface area contributed by atoms with Crippen LogP contribution >= 0.6 is 34.5 Å². The summed E-state index contributed by atoms with van der Waals surface area (Å²) < 4.78 is 1.34. The molecule has 126 valence electrons. The van der Waals surface area contributed by atoms with Crippen molar-refractivity contribution in [2.75, 3.05) is 13.1 Å². The van der Waals surface area contributed by atoms with Gasteiger partial charge in [-0.15, -0.1) is 11.3 Å². The first-order valence-corrected chi connectivity index (χ1v) is 9.47. The molecule has 2 fully saturated rings. The van der Waals surface area contributed by atoms with Crippen LogP contribution in [-0.2, 0) is 16.0 Å². The van der Waals surface area contributed by atoms with Crippen molar-refractivity contribution in [2.45, 2.75) is 32.1 Å². The molecule has 2 aliphatic rings. The summed E-state index contributed by atoms with van der Waals surface area (Å²) in [6, 6.07) is 1.85. The maximum Gasteiger partial charge on any atom is 0.308 e. The van der Waals surface area contributed by atoms with Gasteiger partial charge >= 0.3 is 5.97 Å². The van der Waals surface area contributed by atoms with Gasteiger partial charge in [0.1, 0.15) is 0 Å². The van der Waals surface area contributed by atoms with Crippen LogP contribution in [0.4, 0.5) is 0 Å². The lowest BCUT2D eigenvalue weighted by Crippen LogP contribution is -2.29.